The first-order valence-corrected chi connectivity index (χ1v) is 4.43. The molecule has 1 nitrogen and oxygen atoms in total. The van der Waals surface area contributed by atoms with Gasteiger partial charge in [0, 0.05) is 0 Å². The van der Waals surface area contributed by atoms with Crippen LogP contribution in [-0.4, -0.2) is 10.7 Å². The lowest BCUT2D eigenvalue weighted by Gasteiger charge is -2.14. The molecule has 0 saturated heterocycles. The van der Waals surface area contributed by atoms with Gasteiger partial charge in [-0.15, -0.1) is 0 Å². The van der Waals surface area contributed by atoms with Crippen molar-refractivity contribution in [3.05, 3.63) is 12.2 Å². The number of allylic oxidation sites excluding steroid dienone is 2. The van der Waals surface area contributed by atoms with E-state index in [1.165, 1.54) is 6.42 Å². The maximum absolute atomic E-state index is 9.34. The van der Waals surface area contributed by atoms with Crippen LogP contribution in [0.25, 0.3) is 0 Å². The van der Waals surface area contributed by atoms with Gasteiger partial charge in [-0.05, 0) is 33.1 Å². The van der Waals surface area contributed by atoms with Crippen molar-refractivity contribution in [3.63, 3.8) is 0 Å². The summed E-state index contributed by atoms with van der Waals surface area (Å²) in [6.07, 6.45) is 8.55. The van der Waals surface area contributed by atoms with Crippen molar-refractivity contribution in [2.24, 2.45) is 0 Å². The van der Waals surface area contributed by atoms with Gasteiger partial charge in [0.1, 0.15) is 0 Å². The van der Waals surface area contributed by atoms with Gasteiger partial charge in [-0.2, -0.15) is 0 Å². The molecule has 0 aromatic heterocycles. The van der Waals surface area contributed by atoms with Crippen LogP contribution in [0.4, 0.5) is 0 Å². The Morgan fingerprint density at radius 2 is 1.73 bits per heavy atom. The Labute approximate surface area is 70.1 Å². The average molecular weight is 156 g/mol. The highest BCUT2D eigenvalue weighted by molar-refractivity contribution is 4.83. The molecule has 0 bridgehead atoms. The van der Waals surface area contributed by atoms with Gasteiger partial charge in [0.2, 0.25) is 0 Å². The summed E-state index contributed by atoms with van der Waals surface area (Å²) in [6.45, 7) is 5.86. The van der Waals surface area contributed by atoms with Gasteiger partial charge in [0.15, 0.2) is 0 Å². The molecule has 0 aliphatic heterocycles. The molecule has 0 heterocycles. The summed E-state index contributed by atoms with van der Waals surface area (Å²) in [4.78, 5) is 0. The molecule has 1 heteroatoms. The first-order chi connectivity index (χ1) is 5.06. The van der Waals surface area contributed by atoms with Crippen molar-refractivity contribution in [2.45, 2.75) is 52.1 Å². The molecular weight excluding hydrogens is 136 g/mol. The van der Waals surface area contributed by atoms with Crippen LogP contribution in [0.1, 0.15) is 46.5 Å². The van der Waals surface area contributed by atoms with E-state index in [4.69, 9.17) is 0 Å². The summed E-state index contributed by atoms with van der Waals surface area (Å²) in [5.41, 5.74) is -0.503. The van der Waals surface area contributed by atoms with Crippen LogP contribution < -0.4 is 0 Å². The Balaban J connectivity index is 3.27. The molecule has 11 heavy (non-hydrogen) atoms. The van der Waals surface area contributed by atoms with Gasteiger partial charge in [0.05, 0.1) is 5.60 Å². The fraction of sp³-hybridized carbons (Fsp3) is 0.800. The van der Waals surface area contributed by atoms with Crippen LogP contribution in [0.3, 0.4) is 0 Å². The predicted octanol–water partition coefficient (Wildman–Crippen LogP) is 2.89. The SMILES string of the molecule is CCCC=CCCC(C)(C)O. The molecule has 0 radical (unpaired) electrons. The molecule has 1 N–H and O–H groups in total. The third-order valence-corrected chi connectivity index (χ3v) is 1.54. The minimum Gasteiger partial charge on any atom is -0.390 e. The fourth-order valence-electron chi connectivity index (χ4n) is 0.839. The molecule has 0 aliphatic carbocycles. The Morgan fingerprint density at radius 3 is 2.18 bits per heavy atom. The Kier molecular flexibility index (Phi) is 5.22. The third-order valence-electron chi connectivity index (χ3n) is 1.54. The van der Waals surface area contributed by atoms with Gasteiger partial charge in [-0.25, -0.2) is 0 Å². The van der Waals surface area contributed by atoms with Crippen molar-refractivity contribution in [1.82, 2.24) is 0 Å². The predicted molar refractivity (Wildman–Crippen MR) is 49.6 cm³/mol. The van der Waals surface area contributed by atoms with Crippen LogP contribution in [0.2, 0.25) is 0 Å². The minimum atomic E-state index is -0.503. The molecule has 66 valence electrons. The van der Waals surface area contributed by atoms with Crippen molar-refractivity contribution >= 4 is 0 Å². The number of hydrogen-bond acceptors (Lipinski definition) is 1. The Hall–Kier alpha value is -0.300. The normalized spacial score (nSPS) is 12.7. The number of hydrogen-bond donors (Lipinski definition) is 1. The van der Waals surface area contributed by atoms with Gasteiger partial charge in [-0.1, -0.05) is 25.5 Å². The second kappa shape index (κ2) is 5.36. The molecule has 0 atom stereocenters. The molecular formula is C10H20O. The number of aliphatic hydroxyl groups is 1. The first-order valence-electron chi connectivity index (χ1n) is 4.43. The van der Waals surface area contributed by atoms with E-state index in [2.05, 4.69) is 19.1 Å². The van der Waals surface area contributed by atoms with Crippen molar-refractivity contribution in [2.75, 3.05) is 0 Å². The highest BCUT2D eigenvalue weighted by Crippen LogP contribution is 2.10. The lowest BCUT2D eigenvalue weighted by molar-refractivity contribution is 0.0721. The second-order valence-electron chi connectivity index (χ2n) is 3.61. The van der Waals surface area contributed by atoms with E-state index in [0.717, 1.165) is 19.3 Å². The summed E-state index contributed by atoms with van der Waals surface area (Å²) in [5, 5.41) is 9.34. The number of rotatable bonds is 5. The van der Waals surface area contributed by atoms with E-state index in [9.17, 15) is 5.11 Å². The first kappa shape index (κ1) is 10.7. The summed E-state index contributed by atoms with van der Waals surface area (Å²) < 4.78 is 0. The summed E-state index contributed by atoms with van der Waals surface area (Å²) in [7, 11) is 0. The molecule has 0 amide bonds. The van der Waals surface area contributed by atoms with E-state index in [1.807, 2.05) is 13.8 Å². The third kappa shape index (κ3) is 9.70. The van der Waals surface area contributed by atoms with E-state index in [0.29, 0.717) is 0 Å². The Morgan fingerprint density at radius 1 is 1.18 bits per heavy atom. The minimum absolute atomic E-state index is 0.503. The summed E-state index contributed by atoms with van der Waals surface area (Å²) in [5.74, 6) is 0. The highest BCUT2D eigenvalue weighted by Gasteiger charge is 2.09. The lowest BCUT2D eigenvalue weighted by Crippen LogP contribution is -2.17. The molecule has 0 spiro atoms. The zero-order valence-corrected chi connectivity index (χ0v) is 7.93. The van der Waals surface area contributed by atoms with Crippen molar-refractivity contribution in [1.29, 1.82) is 0 Å². The molecule has 0 unspecified atom stereocenters. The fourth-order valence-corrected chi connectivity index (χ4v) is 0.839. The van der Waals surface area contributed by atoms with Crippen LogP contribution in [0, 0.1) is 0 Å². The van der Waals surface area contributed by atoms with Gasteiger partial charge < -0.3 is 5.11 Å². The second-order valence-corrected chi connectivity index (χ2v) is 3.61. The van der Waals surface area contributed by atoms with Gasteiger partial charge in [-0.3, -0.25) is 0 Å². The quantitative estimate of drug-likeness (QED) is 0.607. The molecule has 0 saturated carbocycles. The maximum atomic E-state index is 9.34. The zero-order valence-electron chi connectivity index (χ0n) is 7.93. The molecule has 0 aromatic rings. The maximum Gasteiger partial charge on any atom is 0.0594 e. The van der Waals surface area contributed by atoms with E-state index in [1.54, 1.807) is 0 Å². The summed E-state index contributed by atoms with van der Waals surface area (Å²) >= 11 is 0. The Bertz CT molecular complexity index is 109. The highest BCUT2D eigenvalue weighted by atomic mass is 16.3. The standard InChI is InChI=1S/C10H20O/c1-4-5-6-7-8-9-10(2,3)11/h6-7,11H,4-5,8-9H2,1-3H3. The molecule has 0 fully saturated rings. The molecule has 0 aliphatic rings. The molecule has 0 aromatic carbocycles. The molecule has 0 rings (SSSR count). The van der Waals surface area contributed by atoms with Crippen molar-refractivity contribution < 1.29 is 5.11 Å². The average Bonchev–Trinajstić information content (AvgIpc) is 1.85. The van der Waals surface area contributed by atoms with E-state index >= 15 is 0 Å². The monoisotopic (exact) mass is 156 g/mol. The van der Waals surface area contributed by atoms with E-state index < -0.39 is 5.60 Å². The van der Waals surface area contributed by atoms with Crippen molar-refractivity contribution in [3.8, 4) is 0 Å². The van der Waals surface area contributed by atoms with Crippen LogP contribution in [0.5, 0.6) is 0 Å². The summed E-state index contributed by atoms with van der Waals surface area (Å²) in [6, 6.07) is 0. The van der Waals surface area contributed by atoms with Crippen LogP contribution >= 0.6 is 0 Å². The largest absolute Gasteiger partial charge is 0.390 e. The lowest BCUT2D eigenvalue weighted by atomic mass is 10.0. The topological polar surface area (TPSA) is 20.2 Å². The number of unbranched alkanes of at least 4 members (excludes halogenated alkanes) is 1. The van der Waals surface area contributed by atoms with Crippen LogP contribution in [0.15, 0.2) is 12.2 Å². The smallest absolute Gasteiger partial charge is 0.0594 e. The van der Waals surface area contributed by atoms with Gasteiger partial charge >= 0.3 is 0 Å². The van der Waals surface area contributed by atoms with Crippen LogP contribution in [-0.2, 0) is 0 Å². The van der Waals surface area contributed by atoms with Gasteiger partial charge in [0.25, 0.3) is 0 Å². The zero-order chi connectivity index (χ0) is 8.74. The van der Waals surface area contributed by atoms with E-state index in [-0.39, 0.29) is 0 Å².